The van der Waals surface area contributed by atoms with Crippen LogP contribution in [0.4, 0.5) is 0 Å². The van der Waals surface area contributed by atoms with Gasteiger partial charge in [-0.15, -0.1) is 5.10 Å². The molecule has 2 aromatic rings. The smallest absolute Gasteiger partial charge is 0.308 e. The van der Waals surface area contributed by atoms with Gasteiger partial charge < -0.3 is 5.11 Å². The van der Waals surface area contributed by atoms with Gasteiger partial charge in [0.2, 0.25) is 0 Å². The first-order valence-corrected chi connectivity index (χ1v) is 6.60. The van der Waals surface area contributed by atoms with Crippen molar-refractivity contribution in [3.63, 3.8) is 0 Å². The third kappa shape index (κ3) is 3.30. The summed E-state index contributed by atoms with van der Waals surface area (Å²) in [6.07, 6.45) is 0. The Kier molecular flexibility index (Phi) is 4.16. The average Bonchev–Trinajstić information content (AvgIpc) is 2.75. The second-order valence-electron chi connectivity index (χ2n) is 4.08. The molecule has 0 fully saturated rings. The van der Waals surface area contributed by atoms with E-state index < -0.39 is 11.9 Å². The molecule has 1 N–H and O–H groups in total. The lowest BCUT2D eigenvalue weighted by Crippen LogP contribution is -2.18. The number of carboxylic acid groups (broad SMARTS) is 1. The van der Waals surface area contributed by atoms with Crippen LogP contribution in [0.15, 0.2) is 22.7 Å². The molecule has 0 amide bonds. The molecule has 1 aromatic carbocycles. The molecule has 0 spiro atoms. The van der Waals surface area contributed by atoms with E-state index in [4.69, 9.17) is 16.7 Å². The zero-order valence-electron chi connectivity index (χ0n) is 9.92. The van der Waals surface area contributed by atoms with E-state index in [2.05, 4.69) is 31.5 Å². The average molecular weight is 346 g/mol. The van der Waals surface area contributed by atoms with Crippen molar-refractivity contribution >= 4 is 33.5 Å². The van der Waals surface area contributed by atoms with E-state index in [1.807, 2.05) is 6.07 Å². The van der Waals surface area contributed by atoms with Crippen molar-refractivity contribution in [2.45, 2.75) is 13.5 Å². The number of carboxylic acids is 1. The number of benzene rings is 1. The van der Waals surface area contributed by atoms with E-state index in [0.717, 1.165) is 10.0 Å². The van der Waals surface area contributed by atoms with Gasteiger partial charge in [0.15, 0.2) is 5.82 Å². The molecule has 6 nitrogen and oxygen atoms in total. The van der Waals surface area contributed by atoms with Gasteiger partial charge in [0.1, 0.15) is 0 Å². The summed E-state index contributed by atoms with van der Waals surface area (Å²) in [5.41, 5.74) is 0.724. The molecule has 1 unspecified atom stereocenters. The molecule has 0 aliphatic heterocycles. The van der Waals surface area contributed by atoms with Gasteiger partial charge >= 0.3 is 5.97 Å². The Balaban J connectivity index is 2.36. The predicted octanol–water partition coefficient (Wildman–Crippen LogP) is 2.48. The number of aromatic nitrogens is 4. The summed E-state index contributed by atoms with van der Waals surface area (Å²) in [5.74, 6) is -0.991. The molecule has 0 aliphatic carbocycles. The molecule has 1 atom stereocenters. The Bertz CT molecular complexity index is 596. The Morgan fingerprint density at radius 3 is 2.89 bits per heavy atom. The molecule has 1 heterocycles. The molecule has 0 radical (unpaired) electrons. The quantitative estimate of drug-likeness (QED) is 0.920. The van der Waals surface area contributed by atoms with Crippen LogP contribution in [0, 0.1) is 5.92 Å². The molecule has 2 rings (SSSR count). The summed E-state index contributed by atoms with van der Waals surface area (Å²) < 4.78 is 2.26. The molecule has 0 saturated heterocycles. The molecule has 0 bridgehead atoms. The van der Waals surface area contributed by atoms with Crippen LogP contribution in [0.5, 0.6) is 0 Å². The number of tetrazole rings is 1. The Labute approximate surface area is 122 Å². The van der Waals surface area contributed by atoms with Crippen LogP contribution in [-0.4, -0.2) is 31.3 Å². The first-order chi connectivity index (χ1) is 8.97. The van der Waals surface area contributed by atoms with Gasteiger partial charge in [-0.1, -0.05) is 34.5 Å². The summed E-state index contributed by atoms with van der Waals surface area (Å²) in [5, 5.41) is 20.8. The number of aliphatic carboxylic acids is 1. The van der Waals surface area contributed by atoms with Gasteiger partial charge in [-0.05, 0) is 28.6 Å². The lowest BCUT2D eigenvalue weighted by molar-refractivity contribution is -0.141. The number of hydrogen-bond donors (Lipinski definition) is 1. The fourth-order valence-electron chi connectivity index (χ4n) is 1.55. The predicted molar refractivity (Wildman–Crippen MR) is 72.8 cm³/mol. The van der Waals surface area contributed by atoms with E-state index in [1.165, 1.54) is 4.68 Å². The Morgan fingerprint density at radius 1 is 1.53 bits per heavy atom. The topological polar surface area (TPSA) is 80.9 Å². The van der Waals surface area contributed by atoms with Crippen molar-refractivity contribution in [2.75, 3.05) is 0 Å². The summed E-state index contributed by atoms with van der Waals surface area (Å²) in [6, 6.07) is 5.29. The maximum Gasteiger partial charge on any atom is 0.308 e. The molecule has 8 heteroatoms. The zero-order valence-corrected chi connectivity index (χ0v) is 12.3. The van der Waals surface area contributed by atoms with Crippen molar-refractivity contribution in [3.8, 4) is 11.4 Å². The molecule has 0 saturated carbocycles. The lowest BCUT2D eigenvalue weighted by atomic mass is 10.1. The first kappa shape index (κ1) is 14.0. The highest BCUT2D eigenvalue weighted by Gasteiger charge is 2.17. The number of halogens is 2. The van der Waals surface area contributed by atoms with Crippen molar-refractivity contribution in [1.29, 1.82) is 0 Å². The van der Waals surface area contributed by atoms with Gasteiger partial charge in [-0.2, -0.15) is 0 Å². The maximum absolute atomic E-state index is 10.9. The van der Waals surface area contributed by atoms with Crippen LogP contribution < -0.4 is 0 Å². The van der Waals surface area contributed by atoms with Gasteiger partial charge in [0.05, 0.1) is 12.5 Å². The van der Waals surface area contributed by atoms with Crippen LogP contribution >= 0.6 is 27.5 Å². The number of carbonyl (C=O) groups is 1. The summed E-state index contributed by atoms with van der Waals surface area (Å²) in [4.78, 5) is 10.9. The minimum Gasteiger partial charge on any atom is -0.481 e. The highest BCUT2D eigenvalue weighted by atomic mass is 79.9. The molecule has 100 valence electrons. The van der Waals surface area contributed by atoms with Gasteiger partial charge in [0.25, 0.3) is 0 Å². The van der Waals surface area contributed by atoms with Gasteiger partial charge in [0, 0.05) is 15.1 Å². The van der Waals surface area contributed by atoms with Gasteiger partial charge in [-0.3, -0.25) is 4.79 Å². The third-order valence-electron chi connectivity index (χ3n) is 2.52. The SMILES string of the molecule is CC(Cn1nnnc1-c1cc(Cl)cc(Br)c1)C(=O)O. The standard InChI is InChI=1S/C11H10BrClN4O2/c1-6(11(18)19)5-17-10(14-15-16-17)7-2-8(12)4-9(13)3-7/h2-4,6H,5H2,1H3,(H,18,19). The van der Waals surface area contributed by atoms with E-state index in [-0.39, 0.29) is 6.54 Å². The van der Waals surface area contributed by atoms with E-state index >= 15 is 0 Å². The minimum atomic E-state index is -0.895. The largest absolute Gasteiger partial charge is 0.481 e. The highest BCUT2D eigenvalue weighted by molar-refractivity contribution is 9.10. The van der Waals surface area contributed by atoms with Crippen molar-refractivity contribution in [1.82, 2.24) is 20.2 Å². The van der Waals surface area contributed by atoms with Crippen LogP contribution in [0.1, 0.15) is 6.92 Å². The maximum atomic E-state index is 10.9. The fraction of sp³-hybridized carbons (Fsp3) is 0.273. The summed E-state index contributed by atoms with van der Waals surface area (Å²) in [6.45, 7) is 1.80. The van der Waals surface area contributed by atoms with Gasteiger partial charge in [-0.25, -0.2) is 4.68 Å². The second-order valence-corrected chi connectivity index (χ2v) is 5.43. The van der Waals surface area contributed by atoms with Crippen LogP contribution in [0.2, 0.25) is 5.02 Å². The van der Waals surface area contributed by atoms with Crippen LogP contribution in [-0.2, 0) is 11.3 Å². The van der Waals surface area contributed by atoms with E-state index in [9.17, 15) is 4.79 Å². The first-order valence-electron chi connectivity index (χ1n) is 5.43. The molecular formula is C11H10BrClN4O2. The summed E-state index contributed by atoms with van der Waals surface area (Å²) >= 11 is 9.31. The molecular weight excluding hydrogens is 336 g/mol. The van der Waals surface area contributed by atoms with Crippen LogP contribution in [0.3, 0.4) is 0 Å². The molecule has 0 aliphatic rings. The molecule has 19 heavy (non-hydrogen) atoms. The number of hydrogen-bond acceptors (Lipinski definition) is 4. The Hall–Kier alpha value is -1.47. The molecule has 1 aromatic heterocycles. The highest BCUT2D eigenvalue weighted by Crippen LogP contribution is 2.26. The minimum absolute atomic E-state index is 0.196. The third-order valence-corrected chi connectivity index (χ3v) is 3.20. The fourth-order valence-corrected chi connectivity index (χ4v) is 2.41. The number of nitrogens with zero attached hydrogens (tertiary/aromatic N) is 4. The van der Waals surface area contributed by atoms with E-state index in [0.29, 0.717) is 10.8 Å². The summed E-state index contributed by atoms with van der Waals surface area (Å²) in [7, 11) is 0. The lowest BCUT2D eigenvalue weighted by Gasteiger charge is -2.08. The zero-order chi connectivity index (χ0) is 14.0. The monoisotopic (exact) mass is 344 g/mol. The Morgan fingerprint density at radius 2 is 2.26 bits per heavy atom. The van der Waals surface area contributed by atoms with Crippen molar-refractivity contribution in [3.05, 3.63) is 27.7 Å². The van der Waals surface area contributed by atoms with Crippen molar-refractivity contribution in [2.24, 2.45) is 5.92 Å². The second kappa shape index (κ2) is 5.66. The van der Waals surface area contributed by atoms with Crippen LogP contribution in [0.25, 0.3) is 11.4 Å². The van der Waals surface area contributed by atoms with Crippen molar-refractivity contribution < 1.29 is 9.90 Å². The number of rotatable bonds is 4. The normalized spacial score (nSPS) is 12.4. The van der Waals surface area contributed by atoms with E-state index in [1.54, 1.807) is 19.1 Å².